The van der Waals surface area contributed by atoms with Crippen molar-refractivity contribution in [3.63, 3.8) is 0 Å². The molecule has 278 valence electrons. The number of aliphatic hydroxyl groups excluding tert-OH is 1. The smallest absolute Gasteiger partial charge is 0.375 e. The number of hydrogen-bond acceptors (Lipinski definition) is 9. The van der Waals surface area contributed by atoms with E-state index in [1.165, 1.54) is 44.6 Å². The molecule has 0 unspecified atom stereocenters. The van der Waals surface area contributed by atoms with Crippen LogP contribution in [-0.4, -0.2) is 57.7 Å². The summed E-state index contributed by atoms with van der Waals surface area (Å²) in [5, 5.41) is 10.6. The first-order valence-corrected chi connectivity index (χ1v) is 19.7. The normalized spacial score (nSPS) is 43.9. The van der Waals surface area contributed by atoms with Crippen LogP contribution in [0.4, 0.5) is 8.78 Å². The minimum atomic E-state index is -2.12. The number of alkyl halides is 2. The van der Waals surface area contributed by atoms with Crippen LogP contribution in [0.5, 0.6) is 0 Å². The molecule has 8 atom stereocenters. The van der Waals surface area contributed by atoms with Gasteiger partial charge in [0.1, 0.15) is 17.6 Å². The third-order valence-electron chi connectivity index (χ3n) is 14.8. The van der Waals surface area contributed by atoms with Crippen molar-refractivity contribution in [2.24, 2.45) is 51.8 Å². The van der Waals surface area contributed by atoms with E-state index in [9.17, 15) is 24.3 Å². The van der Waals surface area contributed by atoms with Gasteiger partial charge in [-0.15, -0.1) is 0 Å². The van der Waals surface area contributed by atoms with E-state index in [2.05, 4.69) is 11.8 Å². The molecule has 7 saturated carbocycles. The van der Waals surface area contributed by atoms with Crippen molar-refractivity contribution in [3.05, 3.63) is 47.6 Å². The first kappa shape index (κ1) is 35.6. The lowest BCUT2D eigenvalue weighted by molar-refractivity contribution is -0.184. The van der Waals surface area contributed by atoms with Gasteiger partial charge < -0.3 is 19.0 Å². The molecule has 52 heavy (non-hydrogen) atoms. The molecule has 0 aliphatic heterocycles. The lowest BCUT2D eigenvalue weighted by Crippen LogP contribution is -2.66. The maximum absolute atomic E-state index is 17.8. The Bertz CT molecular complexity index is 1790. The molecular formula is C41H46F2O8S. The van der Waals surface area contributed by atoms with Crippen LogP contribution < -0.4 is 0 Å². The number of aliphatic hydroxyl groups is 1. The summed E-state index contributed by atoms with van der Waals surface area (Å²) in [5.41, 5.74) is -7.16. The molecule has 0 aromatic carbocycles. The summed E-state index contributed by atoms with van der Waals surface area (Å²) < 4.78 is 51.1. The fraction of sp³-hybridized carbons (Fsp3) is 0.659. The number of rotatable bonds is 6. The lowest BCUT2D eigenvalue weighted by Gasteiger charge is -2.61. The Morgan fingerprint density at radius 2 is 1.69 bits per heavy atom. The standard InChI is InChI=1S/C41H46F2O8S/c1-23-13-28-29-19-31(42)30-17-27(44)18-33(45)38(30,3)40(29,43)9-8-37(28,2)41(23,51-34(46)32-7-6-11-49-32)36(48)52-12-5-4-10-50-35(47)39-20-24-14-25(21-39)16-26(15-24)22-39/h6-7,11,17-18,23-26,28-29,31,45H,8-10,12-16,19-22H2,1-3H3/t23-,24?,25?,26?,28+,29+,31+,37+,38-,39?,40-,41+/m1/s1. The van der Waals surface area contributed by atoms with Crippen LogP contribution in [0.1, 0.15) is 95.5 Å². The van der Waals surface area contributed by atoms with Crippen molar-refractivity contribution in [1.82, 2.24) is 0 Å². The second-order valence-corrected chi connectivity index (χ2v) is 18.2. The molecular weight excluding hydrogens is 691 g/mol. The number of carbonyl (C=O) groups is 4. The highest BCUT2D eigenvalue weighted by Crippen LogP contribution is 2.73. The fourth-order valence-corrected chi connectivity index (χ4v) is 13.7. The average molecular weight is 737 g/mol. The molecule has 1 heterocycles. The topological polar surface area (TPSA) is 120 Å². The van der Waals surface area contributed by atoms with Gasteiger partial charge >= 0.3 is 11.9 Å². The lowest BCUT2D eigenvalue weighted by atomic mass is 9.45. The van der Waals surface area contributed by atoms with Gasteiger partial charge in [0.05, 0.1) is 22.8 Å². The van der Waals surface area contributed by atoms with E-state index in [0.717, 1.165) is 43.2 Å². The molecule has 0 spiro atoms. The summed E-state index contributed by atoms with van der Waals surface area (Å²) in [4.78, 5) is 53.7. The monoisotopic (exact) mass is 736 g/mol. The van der Waals surface area contributed by atoms with Crippen LogP contribution in [-0.2, 0) is 23.9 Å². The van der Waals surface area contributed by atoms with E-state index in [0.29, 0.717) is 17.8 Å². The number of allylic oxidation sites excluding steroid dienone is 3. The number of furan rings is 1. The number of halogens is 2. The Morgan fingerprint density at radius 3 is 2.35 bits per heavy atom. The molecule has 9 rings (SSSR count). The largest absolute Gasteiger partial charge is 0.511 e. The molecule has 0 radical (unpaired) electrons. The molecule has 1 aromatic rings. The Balaban J connectivity index is 1.02. The third-order valence-corrected chi connectivity index (χ3v) is 15.6. The first-order chi connectivity index (χ1) is 24.7. The molecule has 11 heteroatoms. The van der Waals surface area contributed by atoms with Gasteiger partial charge in [-0.05, 0) is 119 Å². The Labute approximate surface area is 306 Å². The number of hydrogen-bond donors (Lipinski definition) is 1. The van der Waals surface area contributed by atoms with Gasteiger partial charge in [-0.2, -0.15) is 0 Å². The third kappa shape index (κ3) is 4.97. The number of ketones is 1. The molecule has 1 aromatic heterocycles. The van der Waals surface area contributed by atoms with Crippen LogP contribution in [0.15, 0.2) is 46.3 Å². The molecule has 0 amide bonds. The maximum Gasteiger partial charge on any atom is 0.375 e. The van der Waals surface area contributed by atoms with Crippen molar-refractivity contribution in [1.29, 1.82) is 0 Å². The minimum absolute atomic E-state index is 0.0449. The summed E-state index contributed by atoms with van der Waals surface area (Å²) in [7, 11) is 0. The molecule has 1 N–H and O–H groups in total. The van der Waals surface area contributed by atoms with Gasteiger partial charge in [-0.3, -0.25) is 14.4 Å². The predicted molar refractivity (Wildman–Crippen MR) is 187 cm³/mol. The van der Waals surface area contributed by atoms with Crippen LogP contribution in [0.25, 0.3) is 0 Å². The molecule has 0 saturated heterocycles. The minimum Gasteiger partial charge on any atom is -0.511 e. The molecule has 8 aliphatic carbocycles. The van der Waals surface area contributed by atoms with Crippen molar-refractivity contribution in [3.8, 4) is 11.8 Å². The fourth-order valence-electron chi connectivity index (χ4n) is 12.7. The van der Waals surface area contributed by atoms with E-state index >= 15 is 8.78 Å². The van der Waals surface area contributed by atoms with E-state index in [1.54, 1.807) is 6.92 Å². The number of carbonyl (C=O) groups excluding carboxylic acids is 4. The zero-order valence-electron chi connectivity index (χ0n) is 29.9. The van der Waals surface area contributed by atoms with Crippen LogP contribution in [0.3, 0.4) is 0 Å². The van der Waals surface area contributed by atoms with Crippen molar-refractivity contribution < 1.29 is 47.0 Å². The second kappa shape index (κ2) is 12.3. The number of esters is 2. The molecule has 8 aliphatic rings. The molecule has 7 fully saturated rings. The maximum atomic E-state index is 17.8. The van der Waals surface area contributed by atoms with E-state index in [4.69, 9.17) is 13.9 Å². The second-order valence-electron chi connectivity index (χ2n) is 17.3. The summed E-state index contributed by atoms with van der Waals surface area (Å²) in [5.74, 6) is 3.44. The molecule has 4 bridgehead atoms. The van der Waals surface area contributed by atoms with Crippen molar-refractivity contribution >= 4 is 34.6 Å². The zero-order valence-corrected chi connectivity index (χ0v) is 30.7. The van der Waals surface area contributed by atoms with Gasteiger partial charge in [0.25, 0.3) is 0 Å². The quantitative estimate of drug-likeness (QED) is 0.232. The van der Waals surface area contributed by atoms with Crippen LogP contribution in [0.2, 0.25) is 0 Å². The van der Waals surface area contributed by atoms with Gasteiger partial charge in [-0.25, -0.2) is 13.6 Å². The van der Waals surface area contributed by atoms with Gasteiger partial charge in [0, 0.05) is 23.3 Å². The summed E-state index contributed by atoms with van der Waals surface area (Å²) in [6.45, 7) is 5.01. The van der Waals surface area contributed by atoms with Gasteiger partial charge in [-0.1, -0.05) is 37.5 Å². The Hall–Kier alpha value is -3.39. The van der Waals surface area contributed by atoms with Gasteiger partial charge in [0.2, 0.25) is 10.9 Å². The SMILES string of the molecule is C[C@@H]1C[C@H]2[C@@H]3C[C@H](F)C4=CC(=O)C=C(O)[C@]4(C)[C@@]3(F)CC[C@]2(C)[C@@]1(OC(=O)c1ccco1)C(=O)SCC#CCOC(=O)C12CC3CC(CC(C3)C1)C2. The zero-order chi connectivity index (χ0) is 36.8. The highest BCUT2D eigenvalue weighted by molar-refractivity contribution is 8.14. The first-order valence-electron chi connectivity index (χ1n) is 18.7. The summed E-state index contributed by atoms with van der Waals surface area (Å²) >= 11 is 0.899. The Kier molecular flexibility index (Phi) is 8.44. The van der Waals surface area contributed by atoms with Crippen molar-refractivity contribution in [2.75, 3.05) is 12.4 Å². The van der Waals surface area contributed by atoms with E-state index < -0.39 is 68.7 Å². The summed E-state index contributed by atoms with van der Waals surface area (Å²) in [6.07, 6.45) is 8.06. The van der Waals surface area contributed by atoms with E-state index in [-0.39, 0.29) is 60.8 Å². The van der Waals surface area contributed by atoms with Crippen LogP contribution in [0, 0.1) is 63.6 Å². The average Bonchev–Trinajstić information content (AvgIpc) is 3.70. The highest BCUT2D eigenvalue weighted by Gasteiger charge is 2.77. The van der Waals surface area contributed by atoms with Gasteiger partial charge in [0.15, 0.2) is 18.0 Å². The van der Waals surface area contributed by atoms with Crippen LogP contribution >= 0.6 is 11.8 Å². The molecule has 8 nitrogen and oxygen atoms in total. The highest BCUT2D eigenvalue weighted by atomic mass is 32.2. The number of thioether (sulfide) groups is 1. The number of ether oxygens (including phenoxy) is 2. The number of fused-ring (bicyclic) bond motifs is 5. The van der Waals surface area contributed by atoms with Crippen molar-refractivity contribution in [2.45, 2.75) is 102 Å². The Morgan fingerprint density at radius 1 is 1.00 bits per heavy atom. The summed E-state index contributed by atoms with van der Waals surface area (Å²) in [6, 6.07) is 2.98. The van der Waals surface area contributed by atoms with E-state index in [1.807, 2.05) is 6.92 Å². The predicted octanol–water partition coefficient (Wildman–Crippen LogP) is 7.68.